The van der Waals surface area contributed by atoms with Gasteiger partial charge in [0.05, 0.1) is 13.2 Å². The van der Waals surface area contributed by atoms with Gasteiger partial charge in [0.1, 0.15) is 0 Å². The van der Waals surface area contributed by atoms with Crippen LogP contribution in [0, 0.1) is 6.92 Å². The quantitative estimate of drug-likeness (QED) is 0.763. The molecule has 2 heteroatoms. The minimum absolute atomic E-state index is 0.777. The summed E-state index contributed by atoms with van der Waals surface area (Å²) >= 11 is 0. The molecule has 2 rings (SSSR count). The summed E-state index contributed by atoms with van der Waals surface area (Å²) in [5, 5.41) is 3.43. The molecule has 15 heavy (non-hydrogen) atoms. The molecule has 0 unspecified atom stereocenters. The van der Waals surface area contributed by atoms with Gasteiger partial charge in [0.15, 0.2) is 0 Å². The van der Waals surface area contributed by atoms with Crippen molar-refractivity contribution in [1.82, 2.24) is 0 Å². The van der Waals surface area contributed by atoms with Crippen LogP contribution >= 0.6 is 0 Å². The van der Waals surface area contributed by atoms with Crippen LogP contribution in [0.15, 0.2) is 35.9 Å². The van der Waals surface area contributed by atoms with Crippen LogP contribution in [0.4, 0.5) is 5.69 Å². The van der Waals surface area contributed by atoms with E-state index in [9.17, 15) is 0 Å². The Labute approximate surface area is 91.0 Å². The number of anilines is 1. The summed E-state index contributed by atoms with van der Waals surface area (Å²) in [5.74, 6) is 0. The van der Waals surface area contributed by atoms with Crippen molar-refractivity contribution < 1.29 is 4.74 Å². The van der Waals surface area contributed by atoms with Crippen LogP contribution < -0.4 is 5.32 Å². The van der Waals surface area contributed by atoms with Crippen LogP contribution in [-0.2, 0) is 4.74 Å². The third kappa shape index (κ3) is 2.83. The smallest absolute Gasteiger partial charge is 0.0693 e. The first-order chi connectivity index (χ1) is 7.36. The van der Waals surface area contributed by atoms with Gasteiger partial charge in [-0.25, -0.2) is 0 Å². The number of hydrogen-bond donors (Lipinski definition) is 1. The summed E-state index contributed by atoms with van der Waals surface area (Å²) in [6.45, 7) is 4.66. The lowest BCUT2D eigenvalue weighted by Crippen LogP contribution is -2.14. The van der Waals surface area contributed by atoms with E-state index in [0.717, 1.165) is 26.2 Å². The summed E-state index contributed by atoms with van der Waals surface area (Å²) in [5.41, 5.74) is 3.85. The molecule has 0 spiro atoms. The van der Waals surface area contributed by atoms with Crippen molar-refractivity contribution in [3.05, 3.63) is 41.5 Å². The number of para-hydroxylation sites is 1. The fraction of sp³-hybridized carbons (Fsp3) is 0.385. The molecule has 0 amide bonds. The SMILES string of the molecule is Cc1ccccc1NCC1=CCCOC1. The first-order valence-electron chi connectivity index (χ1n) is 5.41. The zero-order valence-corrected chi connectivity index (χ0v) is 9.12. The molecule has 2 nitrogen and oxygen atoms in total. The van der Waals surface area contributed by atoms with Gasteiger partial charge in [0, 0.05) is 12.2 Å². The van der Waals surface area contributed by atoms with Crippen molar-refractivity contribution in [2.75, 3.05) is 25.1 Å². The molecule has 1 aliphatic heterocycles. The number of rotatable bonds is 3. The molecule has 1 aromatic rings. The van der Waals surface area contributed by atoms with Crippen LogP contribution in [0.1, 0.15) is 12.0 Å². The number of benzene rings is 1. The molecule has 0 saturated heterocycles. The Kier molecular flexibility index (Phi) is 3.41. The van der Waals surface area contributed by atoms with Crippen molar-refractivity contribution in [1.29, 1.82) is 0 Å². The fourth-order valence-corrected chi connectivity index (χ4v) is 1.71. The van der Waals surface area contributed by atoms with E-state index >= 15 is 0 Å². The van der Waals surface area contributed by atoms with E-state index in [4.69, 9.17) is 4.74 Å². The topological polar surface area (TPSA) is 21.3 Å². The van der Waals surface area contributed by atoms with E-state index in [1.165, 1.54) is 16.8 Å². The maximum Gasteiger partial charge on any atom is 0.0693 e. The van der Waals surface area contributed by atoms with E-state index < -0.39 is 0 Å². The maximum absolute atomic E-state index is 5.39. The number of hydrogen-bond acceptors (Lipinski definition) is 2. The second-order valence-electron chi connectivity index (χ2n) is 3.87. The molecule has 0 fully saturated rings. The van der Waals surface area contributed by atoms with Crippen LogP contribution in [-0.4, -0.2) is 19.8 Å². The van der Waals surface area contributed by atoms with Crippen LogP contribution in [0.25, 0.3) is 0 Å². The second kappa shape index (κ2) is 4.99. The van der Waals surface area contributed by atoms with Crippen molar-refractivity contribution >= 4 is 5.69 Å². The lowest BCUT2D eigenvalue weighted by atomic mass is 10.1. The van der Waals surface area contributed by atoms with E-state index in [-0.39, 0.29) is 0 Å². The highest BCUT2D eigenvalue weighted by Gasteiger charge is 2.03. The predicted molar refractivity (Wildman–Crippen MR) is 63.2 cm³/mol. The summed E-state index contributed by atoms with van der Waals surface area (Å²) in [6.07, 6.45) is 3.32. The van der Waals surface area contributed by atoms with Gasteiger partial charge in [0.2, 0.25) is 0 Å². The van der Waals surface area contributed by atoms with Gasteiger partial charge in [-0.05, 0) is 30.5 Å². The van der Waals surface area contributed by atoms with Crippen LogP contribution in [0.5, 0.6) is 0 Å². The molecular formula is C13H17NO. The highest BCUT2D eigenvalue weighted by Crippen LogP contribution is 2.14. The molecule has 1 aliphatic rings. The second-order valence-corrected chi connectivity index (χ2v) is 3.87. The summed E-state index contributed by atoms with van der Waals surface area (Å²) in [6, 6.07) is 8.35. The molecule has 0 saturated carbocycles. The molecule has 0 aromatic heterocycles. The average Bonchev–Trinajstić information content (AvgIpc) is 2.29. The third-order valence-electron chi connectivity index (χ3n) is 2.63. The average molecular weight is 203 g/mol. The fourth-order valence-electron chi connectivity index (χ4n) is 1.71. The first-order valence-corrected chi connectivity index (χ1v) is 5.41. The Morgan fingerprint density at radius 2 is 2.20 bits per heavy atom. The zero-order valence-electron chi connectivity index (χ0n) is 9.12. The summed E-state index contributed by atoms with van der Waals surface area (Å²) in [4.78, 5) is 0. The molecule has 1 heterocycles. The van der Waals surface area contributed by atoms with Gasteiger partial charge < -0.3 is 10.1 Å². The molecule has 0 aliphatic carbocycles. The lowest BCUT2D eigenvalue weighted by Gasteiger charge is -2.15. The number of nitrogens with one attached hydrogen (secondary N) is 1. The van der Waals surface area contributed by atoms with Crippen molar-refractivity contribution in [2.45, 2.75) is 13.3 Å². The van der Waals surface area contributed by atoms with Gasteiger partial charge in [-0.15, -0.1) is 0 Å². The van der Waals surface area contributed by atoms with Gasteiger partial charge in [-0.2, -0.15) is 0 Å². The molecule has 1 N–H and O–H groups in total. The lowest BCUT2D eigenvalue weighted by molar-refractivity contribution is 0.150. The summed E-state index contributed by atoms with van der Waals surface area (Å²) < 4.78 is 5.39. The Morgan fingerprint density at radius 1 is 1.33 bits per heavy atom. The van der Waals surface area contributed by atoms with Gasteiger partial charge in [-0.1, -0.05) is 24.3 Å². The maximum atomic E-state index is 5.39. The minimum Gasteiger partial charge on any atom is -0.381 e. The van der Waals surface area contributed by atoms with Gasteiger partial charge >= 0.3 is 0 Å². The third-order valence-corrected chi connectivity index (χ3v) is 2.63. The number of ether oxygens (including phenoxy) is 1. The Bertz CT molecular complexity index is 357. The molecule has 0 bridgehead atoms. The van der Waals surface area contributed by atoms with Gasteiger partial charge in [-0.3, -0.25) is 0 Å². The van der Waals surface area contributed by atoms with Crippen molar-refractivity contribution in [3.63, 3.8) is 0 Å². The molecule has 1 aromatic carbocycles. The molecule has 0 radical (unpaired) electrons. The predicted octanol–water partition coefficient (Wildman–Crippen LogP) is 2.75. The van der Waals surface area contributed by atoms with Crippen molar-refractivity contribution in [2.24, 2.45) is 0 Å². The largest absolute Gasteiger partial charge is 0.381 e. The van der Waals surface area contributed by atoms with Crippen LogP contribution in [0.3, 0.4) is 0 Å². The van der Waals surface area contributed by atoms with Crippen molar-refractivity contribution in [3.8, 4) is 0 Å². The zero-order chi connectivity index (χ0) is 10.5. The normalized spacial score (nSPS) is 15.9. The monoisotopic (exact) mass is 203 g/mol. The van der Waals surface area contributed by atoms with E-state index in [1.807, 2.05) is 0 Å². The summed E-state index contributed by atoms with van der Waals surface area (Å²) in [7, 11) is 0. The van der Waals surface area contributed by atoms with E-state index in [2.05, 4.69) is 42.6 Å². The van der Waals surface area contributed by atoms with E-state index in [0.29, 0.717) is 0 Å². The molecule has 0 atom stereocenters. The first kappa shape index (κ1) is 10.2. The molecular weight excluding hydrogens is 186 g/mol. The Morgan fingerprint density at radius 3 is 2.93 bits per heavy atom. The Hall–Kier alpha value is -1.28. The molecule has 80 valence electrons. The Balaban J connectivity index is 1.93. The number of aryl methyl sites for hydroxylation is 1. The van der Waals surface area contributed by atoms with Gasteiger partial charge in [0.25, 0.3) is 0 Å². The minimum atomic E-state index is 0.777. The van der Waals surface area contributed by atoms with E-state index in [1.54, 1.807) is 0 Å². The standard InChI is InChI=1S/C13H17NO/c1-11-5-2-3-7-13(11)14-9-12-6-4-8-15-10-12/h2-3,5-7,14H,4,8-10H2,1H3. The van der Waals surface area contributed by atoms with Crippen LogP contribution in [0.2, 0.25) is 0 Å². The highest BCUT2D eigenvalue weighted by molar-refractivity contribution is 5.51. The highest BCUT2D eigenvalue weighted by atomic mass is 16.5.